The van der Waals surface area contributed by atoms with Gasteiger partial charge in [-0.15, -0.1) is 0 Å². The number of aromatic nitrogens is 1. The molecule has 7 aromatic rings. The molecule has 0 radical (unpaired) electrons. The summed E-state index contributed by atoms with van der Waals surface area (Å²) in [7, 11) is 2.12. The molecule has 282 valence electrons. The molecule has 0 aliphatic rings. The van der Waals surface area contributed by atoms with Gasteiger partial charge in [-0.3, -0.25) is 0 Å². The van der Waals surface area contributed by atoms with Crippen molar-refractivity contribution in [1.82, 2.24) is 4.57 Å². The van der Waals surface area contributed by atoms with Crippen molar-refractivity contribution in [2.45, 2.75) is 25.1 Å². The predicted molar refractivity (Wildman–Crippen MR) is 219 cm³/mol. The average Bonchev–Trinajstić information content (AvgIpc) is 3.52. The molecule has 0 saturated heterocycles. The van der Waals surface area contributed by atoms with Crippen LogP contribution < -0.4 is 97.6 Å². The molecule has 0 N–H and O–H groups in total. The quantitative estimate of drug-likeness (QED) is 0.106. The van der Waals surface area contributed by atoms with Gasteiger partial charge in [0.25, 0.3) is 0 Å². The van der Waals surface area contributed by atoms with Gasteiger partial charge < -0.3 is 37.9 Å². The van der Waals surface area contributed by atoms with E-state index in [9.17, 15) is 13.0 Å². The van der Waals surface area contributed by atoms with Gasteiger partial charge in [0.1, 0.15) is 23.0 Å². The Kier molecular flexibility index (Phi) is 13.3. The molecule has 0 bridgehead atoms. The smallest absolute Gasteiger partial charge is 0.748 e. The third-order valence-corrected chi connectivity index (χ3v) is 11.1. The van der Waals surface area contributed by atoms with Gasteiger partial charge in [0.15, 0.2) is 0 Å². The molecule has 12 heteroatoms. The van der Waals surface area contributed by atoms with Gasteiger partial charge in [0.05, 0.1) is 38.6 Å². The molecule has 56 heavy (non-hydrogen) atoms. The first kappa shape index (κ1) is 41.5. The van der Waals surface area contributed by atoms with E-state index in [0.29, 0.717) is 6.54 Å². The number of benzene rings is 6. The maximum absolute atomic E-state index is 12.0. The van der Waals surface area contributed by atoms with E-state index in [1.54, 1.807) is 28.4 Å². The molecule has 1 unspecified atom stereocenters. The van der Waals surface area contributed by atoms with Crippen LogP contribution in [0.15, 0.2) is 133 Å². The second-order valence-electron chi connectivity index (χ2n) is 13.1. The first-order valence-corrected chi connectivity index (χ1v) is 19.3. The van der Waals surface area contributed by atoms with Gasteiger partial charge in [0, 0.05) is 67.7 Å². The average molecular weight is 890 g/mol. The second kappa shape index (κ2) is 18.0. The van der Waals surface area contributed by atoms with Crippen molar-refractivity contribution in [2.24, 2.45) is 0 Å². The van der Waals surface area contributed by atoms with Gasteiger partial charge in [-0.1, -0.05) is 0 Å². The summed E-state index contributed by atoms with van der Waals surface area (Å²) in [6.45, 7) is 1.80. The summed E-state index contributed by atoms with van der Waals surface area (Å²) < 4.78 is 59.8. The second-order valence-corrected chi connectivity index (χ2v) is 14.9. The van der Waals surface area contributed by atoms with E-state index in [4.69, 9.17) is 18.9 Å². The summed E-state index contributed by atoms with van der Waals surface area (Å²) in [4.78, 5) is 4.33. The zero-order valence-corrected chi connectivity index (χ0v) is 39.4. The van der Waals surface area contributed by atoms with Crippen molar-refractivity contribution in [2.75, 3.05) is 38.2 Å². The molecule has 1 aromatic heterocycles. The summed E-state index contributed by atoms with van der Waals surface area (Å²) in [5, 5.41) is 0.881. The van der Waals surface area contributed by atoms with Crippen molar-refractivity contribution in [1.29, 1.82) is 0 Å². The van der Waals surface area contributed by atoms with Crippen LogP contribution in [0.4, 0.5) is 34.1 Å². The molecule has 0 fully saturated rings. The van der Waals surface area contributed by atoms with Crippen molar-refractivity contribution in [3.63, 3.8) is 0 Å². The van der Waals surface area contributed by atoms with Crippen LogP contribution in [-0.4, -0.2) is 51.2 Å². The topological polar surface area (TPSA) is 106 Å². The third kappa shape index (κ3) is 8.72. The van der Waals surface area contributed by atoms with Gasteiger partial charge in [-0.25, -0.2) is 8.42 Å². The molecule has 0 aliphatic carbocycles. The van der Waals surface area contributed by atoms with Crippen LogP contribution in [0.5, 0.6) is 23.0 Å². The Hall–Kier alpha value is -4.12. The Morgan fingerprint density at radius 2 is 0.804 bits per heavy atom. The number of methoxy groups -OCH3 is 4. The predicted octanol–water partition coefficient (Wildman–Crippen LogP) is 7.10. The number of hydrogen-bond donors (Lipinski definition) is 0. The number of rotatable bonds is 14. The molecule has 1 atom stereocenters. The van der Waals surface area contributed by atoms with Crippen molar-refractivity contribution in [3.05, 3.63) is 133 Å². The van der Waals surface area contributed by atoms with Crippen LogP contribution in [0.1, 0.15) is 13.3 Å². The fraction of sp³-hybridized carbons (Fsp3) is 0.182. The van der Waals surface area contributed by atoms with Gasteiger partial charge in [-0.05, 0) is 147 Å². The minimum absolute atomic E-state index is 0. The molecule has 0 spiro atoms. The molecule has 10 nitrogen and oxygen atoms in total. The molecular formula is C44H42CsN3O7S. The molecule has 0 amide bonds. The Morgan fingerprint density at radius 3 is 1.07 bits per heavy atom. The number of nitrogens with zero attached hydrogens (tertiary/aromatic N) is 3. The number of fused-ring (bicyclic) bond motifs is 3. The molecule has 0 aliphatic heterocycles. The largest absolute Gasteiger partial charge is 1.00 e. The van der Waals surface area contributed by atoms with Crippen LogP contribution in [0.3, 0.4) is 0 Å². The SMILES string of the molecule is COc1ccc(N(c2ccc(OC)cc2)c2ccc3c(c2)c2cc(N(c4ccc(OC)cc4)c4ccc(OC)cc4)ccc2n3CCC(C)S(=O)(=O)[O-])cc1.[Cs+]. The van der Waals surface area contributed by atoms with E-state index >= 15 is 0 Å². The molecule has 6 aromatic carbocycles. The van der Waals surface area contributed by atoms with E-state index in [-0.39, 0.29) is 75.3 Å². The molecular weight excluding hydrogens is 847 g/mol. The van der Waals surface area contributed by atoms with Gasteiger partial charge in [0.2, 0.25) is 0 Å². The Bertz CT molecular complexity index is 2270. The van der Waals surface area contributed by atoms with Crippen molar-refractivity contribution < 1.29 is 101 Å². The zero-order valence-electron chi connectivity index (χ0n) is 32.3. The summed E-state index contributed by atoms with van der Waals surface area (Å²) in [5.41, 5.74) is 7.34. The van der Waals surface area contributed by atoms with Crippen molar-refractivity contribution >= 4 is 66.0 Å². The van der Waals surface area contributed by atoms with E-state index < -0.39 is 15.4 Å². The number of aryl methyl sites for hydroxylation is 1. The van der Waals surface area contributed by atoms with Gasteiger partial charge in [-0.2, -0.15) is 0 Å². The minimum atomic E-state index is -4.45. The van der Waals surface area contributed by atoms with Crippen molar-refractivity contribution in [3.8, 4) is 23.0 Å². The van der Waals surface area contributed by atoms with E-state index in [0.717, 1.165) is 78.9 Å². The Morgan fingerprint density at radius 1 is 0.518 bits per heavy atom. The zero-order chi connectivity index (χ0) is 38.7. The van der Waals surface area contributed by atoms with Crippen LogP contribution in [0.25, 0.3) is 21.8 Å². The Labute approximate surface area is 386 Å². The van der Waals surface area contributed by atoms with Crippen LogP contribution in [-0.2, 0) is 16.7 Å². The summed E-state index contributed by atoms with van der Waals surface area (Å²) in [6, 6.07) is 44.1. The third-order valence-electron chi connectivity index (χ3n) is 9.92. The molecule has 0 saturated carbocycles. The first-order valence-electron chi connectivity index (χ1n) is 17.8. The van der Waals surface area contributed by atoms with E-state index in [1.807, 2.05) is 97.1 Å². The number of hydrogen-bond acceptors (Lipinski definition) is 9. The monoisotopic (exact) mass is 889 g/mol. The maximum atomic E-state index is 12.0. The van der Waals surface area contributed by atoms with Crippen LogP contribution in [0.2, 0.25) is 0 Å². The fourth-order valence-electron chi connectivity index (χ4n) is 6.87. The summed E-state index contributed by atoms with van der Waals surface area (Å²) in [5.74, 6) is 2.99. The van der Waals surface area contributed by atoms with E-state index in [2.05, 4.69) is 50.8 Å². The maximum Gasteiger partial charge on any atom is 1.00 e. The number of ether oxygens (including phenoxy) is 4. The fourth-order valence-corrected chi connectivity index (χ4v) is 7.27. The van der Waals surface area contributed by atoms with E-state index in [1.165, 1.54) is 6.92 Å². The van der Waals surface area contributed by atoms with Gasteiger partial charge >= 0.3 is 68.9 Å². The summed E-state index contributed by atoms with van der Waals surface area (Å²) >= 11 is 0. The standard InChI is InChI=1S/C44H43N3O7S.Cs/c1-30(55(48,49)50)26-27-45-43-24-14-35(46(31-6-16-37(51-2)17-7-31)32-8-18-38(52-3)19-9-32)28-41(43)42-29-36(15-25-44(42)45)47(33-10-20-39(53-4)21-11-33)34-12-22-40(54-5)23-13-34;/h6-25,28-30H,26-27H2,1-5H3,(H,48,49,50);/q;+1/p-1. The molecule has 1 heterocycles. The summed E-state index contributed by atoms with van der Waals surface area (Å²) in [6.07, 6.45) is 0.169. The van der Waals surface area contributed by atoms with Crippen LogP contribution in [0, 0.1) is 0 Å². The Balaban J connectivity index is 0.00000532. The normalized spacial score (nSPS) is 11.8. The van der Waals surface area contributed by atoms with Crippen LogP contribution >= 0.6 is 0 Å². The molecule has 7 rings (SSSR count). The number of anilines is 6. The first-order chi connectivity index (χ1) is 26.6. The minimum Gasteiger partial charge on any atom is -0.748 e.